The quantitative estimate of drug-likeness (QED) is 0.566. The Bertz CT molecular complexity index is 151. The second-order valence-corrected chi connectivity index (χ2v) is 5.79. The fourth-order valence-electron chi connectivity index (χ4n) is 2.41. The summed E-state index contributed by atoms with van der Waals surface area (Å²) < 4.78 is 1.23. The standard InChI is InChI=1S/C10H22N.C3H8/c1-5-10(2)7-6-8-11(3,4)9-10;1-3-2/h5-9H2,1-4H3;3H2,1-2H3/q+1;. The van der Waals surface area contributed by atoms with Crippen LogP contribution in [0.15, 0.2) is 0 Å². The van der Waals surface area contributed by atoms with Crippen LogP contribution in [-0.4, -0.2) is 31.7 Å². The van der Waals surface area contributed by atoms with E-state index in [0.717, 1.165) is 0 Å². The first-order valence-corrected chi connectivity index (χ1v) is 6.21. The summed E-state index contributed by atoms with van der Waals surface area (Å²) in [4.78, 5) is 0. The molecule has 0 aromatic carbocycles. The monoisotopic (exact) mass is 200 g/mol. The zero-order valence-corrected chi connectivity index (χ0v) is 11.2. The molecule has 1 saturated heterocycles. The van der Waals surface area contributed by atoms with Gasteiger partial charge in [0, 0.05) is 5.41 Å². The first-order valence-electron chi connectivity index (χ1n) is 6.21. The van der Waals surface area contributed by atoms with E-state index in [1.807, 2.05) is 0 Å². The highest BCUT2D eigenvalue weighted by atomic mass is 15.3. The third-order valence-corrected chi connectivity index (χ3v) is 3.21. The van der Waals surface area contributed by atoms with Crippen molar-refractivity contribution in [2.45, 2.75) is 53.4 Å². The number of likely N-dealkylation sites (tertiary alicyclic amines) is 1. The van der Waals surface area contributed by atoms with Gasteiger partial charge in [-0.25, -0.2) is 0 Å². The summed E-state index contributed by atoms with van der Waals surface area (Å²) >= 11 is 0. The molecule has 1 heterocycles. The predicted molar refractivity (Wildman–Crippen MR) is 65.4 cm³/mol. The van der Waals surface area contributed by atoms with Crippen LogP contribution in [0.5, 0.6) is 0 Å². The van der Waals surface area contributed by atoms with Gasteiger partial charge in [0.15, 0.2) is 0 Å². The number of hydrogen-bond acceptors (Lipinski definition) is 0. The molecule has 0 saturated carbocycles. The summed E-state index contributed by atoms with van der Waals surface area (Å²) in [5.74, 6) is 0. The Morgan fingerprint density at radius 3 is 1.93 bits per heavy atom. The van der Waals surface area contributed by atoms with Crippen molar-refractivity contribution in [1.82, 2.24) is 0 Å². The second kappa shape index (κ2) is 5.75. The molecule has 1 aliphatic rings. The second-order valence-electron chi connectivity index (χ2n) is 5.79. The van der Waals surface area contributed by atoms with Crippen molar-refractivity contribution in [3.8, 4) is 0 Å². The molecule has 0 radical (unpaired) electrons. The Kier molecular flexibility index (Phi) is 5.73. The molecule has 1 heteroatoms. The van der Waals surface area contributed by atoms with Crippen molar-refractivity contribution >= 4 is 0 Å². The number of quaternary nitrogens is 1. The Balaban J connectivity index is 0.000000500. The Morgan fingerprint density at radius 2 is 1.64 bits per heavy atom. The molecular formula is C13H30N+. The molecule has 0 aromatic rings. The summed E-state index contributed by atoms with van der Waals surface area (Å²) in [5.41, 5.74) is 0.627. The number of rotatable bonds is 1. The maximum atomic E-state index is 2.44. The molecule has 1 aliphatic heterocycles. The van der Waals surface area contributed by atoms with Crippen molar-refractivity contribution in [1.29, 1.82) is 0 Å². The maximum absolute atomic E-state index is 2.44. The van der Waals surface area contributed by atoms with Gasteiger partial charge in [0.25, 0.3) is 0 Å². The molecule has 0 aliphatic carbocycles. The van der Waals surface area contributed by atoms with E-state index in [9.17, 15) is 0 Å². The highest BCUT2D eigenvalue weighted by Gasteiger charge is 2.35. The van der Waals surface area contributed by atoms with Gasteiger partial charge < -0.3 is 4.48 Å². The molecule has 0 spiro atoms. The summed E-state index contributed by atoms with van der Waals surface area (Å²) in [6, 6.07) is 0. The molecule has 0 amide bonds. The van der Waals surface area contributed by atoms with Gasteiger partial charge in [-0.2, -0.15) is 0 Å². The van der Waals surface area contributed by atoms with Crippen LogP contribution in [0.25, 0.3) is 0 Å². The lowest BCUT2D eigenvalue weighted by molar-refractivity contribution is -0.902. The lowest BCUT2D eigenvalue weighted by Gasteiger charge is -2.43. The minimum atomic E-state index is 0.627. The van der Waals surface area contributed by atoms with Gasteiger partial charge in [-0.1, -0.05) is 34.1 Å². The van der Waals surface area contributed by atoms with Gasteiger partial charge in [-0.3, -0.25) is 0 Å². The molecule has 1 atom stereocenters. The van der Waals surface area contributed by atoms with Crippen molar-refractivity contribution in [3.63, 3.8) is 0 Å². The van der Waals surface area contributed by atoms with E-state index in [1.54, 1.807) is 0 Å². The van der Waals surface area contributed by atoms with Gasteiger partial charge in [-0.15, -0.1) is 0 Å². The first kappa shape index (κ1) is 14.0. The van der Waals surface area contributed by atoms with Gasteiger partial charge in [0.2, 0.25) is 0 Å². The third kappa shape index (κ3) is 4.99. The van der Waals surface area contributed by atoms with Crippen LogP contribution in [0.3, 0.4) is 0 Å². The van der Waals surface area contributed by atoms with Crippen LogP contribution >= 0.6 is 0 Å². The van der Waals surface area contributed by atoms with Crippen molar-refractivity contribution in [2.75, 3.05) is 27.2 Å². The predicted octanol–water partition coefficient (Wildman–Crippen LogP) is 3.69. The fraction of sp³-hybridized carbons (Fsp3) is 1.00. The summed E-state index contributed by atoms with van der Waals surface area (Å²) in [6.07, 6.45) is 5.44. The highest BCUT2D eigenvalue weighted by Crippen LogP contribution is 2.34. The molecule has 1 unspecified atom stereocenters. The summed E-state index contributed by atoms with van der Waals surface area (Å²) in [5, 5.41) is 0. The van der Waals surface area contributed by atoms with E-state index in [-0.39, 0.29) is 0 Å². The van der Waals surface area contributed by atoms with Crippen LogP contribution in [0.4, 0.5) is 0 Å². The van der Waals surface area contributed by atoms with Crippen molar-refractivity contribution < 1.29 is 4.48 Å². The van der Waals surface area contributed by atoms with E-state index < -0.39 is 0 Å². The van der Waals surface area contributed by atoms with Crippen LogP contribution < -0.4 is 0 Å². The molecule has 0 bridgehead atoms. The average Bonchev–Trinajstić information content (AvgIpc) is 2.03. The number of piperidine rings is 1. The normalized spacial score (nSPS) is 30.4. The van der Waals surface area contributed by atoms with E-state index in [0.29, 0.717) is 5.41 Å². The fourth-order valence-corrected chi connectivity index (χ4v) is 2.41. The van der Waals surface area contributed by atoms with E-state index in [1.165, 1.54) is 43.3 Å². The average molecular weight is 200 g/mol. The van der Waals surface area contributed by atoms with E-state index >= 15 is 0 Å². The largest absolute Gasteiger partial charge is 0.328 e. The minimum Gasteiger partial charge on any atom is -0.328 e. The van der Waals surface area contributed by atoms with Crippen LogP contribution in [-0.2, 0) is 0 Å². The number of hydrogen-bond donors (Lipinski definition) is 0. The summed E-state index contributed by atoms with van der Waals surface area (Å²) in [6.45, 7) is 11.7. The SMILES string of the molecule is CCC.CCC1(C)CCC[N+](C)(C)C1. The van der Waals surface area contributed by atoms with Crippen molar-refractivity contribution in [3.05, 3.63) is 0 Å². The first-order chi connectivity index (χ1) is 6.39. The molecule has 86 valence electrons. The van der Waals surface area contributed by atoms with E-state index in [4.69, 9.17) is 0 Å². The molecule has 0 N–H and O–H groups in total. The van der Waals surface area contributed by atoms with Crippen LogP contribution in [0.1, 0.15) is 53.4 Å². The molecule has 1 fully saturated rings. The van der Waals surface area contributed by atoms with E-state index in [2.05, 4.69) is 41.8 Å². The molecular weight excluding hydrogens is 170 g/mol. The Morgan fingerprint density at radius 1 is 1.14 bits per heavy atom. The zero-order valence-electron chi connectivity index (χ0n) is 11.2. The Labute approximate surface area is 91.1 Å². The molecule has 1 rings (SSSR count). The van der Waals surface area contributed by atoms with Crippen LogP contribution in [0.2, 0.25) is 0 Å². The molecule has 1 nitrogen and oxygen atoms in total. The Hall–Kier alpha value is -0.0400. The van der Waals surface area contributed by atoms with Gasteiger partial charge in [0.05, 0.1) is 27.2 Å². The minimum absolute atomic E-state index is 0.627. The van der Waals surface area contributed by atoms with Gasteiger partial charge in [0.1, 0.15) is 0 Å². The molecule has 14 heavy (non-hydrogen) atoms. The lowest BCUT2D eigenvalue weighted by Crippen LogP contribution is -2.51. The topological polar surface area (TPSA) is 0 Å². The zero-order chi connectivity index (χ0) is 11.2. The third-order valence-electron chi connectivity index (χ3n) is 3.21. The number of nitrogens with zero attached hydrogens (tertiary/aromatic N) is 1. The highest BCUT2D eigenvalue weighted by molar-refractivity contribution is 4.75. The molecule has 0 aromatic heterocycles. The van der Waals surface area contributed by atoms with Gasteiger partial charge >= 0.3 is 0 Å². The lowest BCUT2D eigenvalue weighted by atomic mass is 9.79. The van der Waals surface area contributed by atoms with Gasteiger partial charge in [-0.05, 0) is 19.3 Å². The summed E-state index contributed by atoms with van der Waals surface area (Å²) in [7, 11) is 4.71. The smallest absolute Gasteiger partial charge is 0.0836 e. The van der Waals surface area contributed by atoms with Crippen molar-refractivity contribution in [2.24, 2.45) is 5.41 Å². The van der Waals surface area contributed by atoms with Crippen LogP contribution in [0, 0.1) is 5.41 Å². The maximum Gasteiger partial charge on any atom is 0.0836 e.